The molecule has 6 heteroatoms. The third-order valence-electron chi connectivity index (χ3n) is 5.21. The molecule has 1 aliphatic heterocycles. The van der Waals surface area contributed by atoms with E-state index in [1.165, 1.54) is 12.1 Å². The van der Waals surface area contributed by atoms with Crippen LogP contribution >= 0.6 is 0 Å². The van der Waals surface area contributed by atoms with E-state index >= 15 is 0 Å². The number of rotatable bonds is 6. The molecule has 2 aromatic carbocycles. The standard InChI is InChI=1S/C24H24FN3O2/c25-19-8-6-18(7-9-19)17-28-15-2-1-5-23(28)24(29)27-20-10-12-21(13-11-20)30-22-4-3-14-26-16-22/h3-4,6-14,16,23H,1-2,5,15,17H2,(H,27,29)/t23-/m0/s1. The van der Waals surface area contributed by atoms with E-state index in [-0.39, 0.29) is 17.8 Å². The highest BCUT2D eigenvalue weighted by Crippen LogP contribution is 2.24. The maximum atomic E-state index is 13.2. The van der Waals surface area contributed by atoms with Gasteiger partial charge >= 0.3 is 0 Å². The number of benzene rings is 2. The van der Waals surface area contributed by atoms with Gasteiger partial charge < -0.3 is 10.1 Å². The number of piperidine rings is 1. The first kappa shape index (κ1) is 20.0. The summed E-state index contributed by atoms with van der Waals surface area (Å²) >= 11 is 0. The van der Waals surface area contributed by atoms with E-state index in [4.69, 9.17) is 4.74 Å². The predicted molar refractivity (Wildman–Crippen MR) is 114 cm³/mol. The summed E-state index contributed by atoms with van der Waals surface area (Å²) in [7, 11) is 0. The van der Waals surface area contributed by atoms with Crippen LogP contribution in [0.4, 0.5) is 10.1 Å². The molecule has 0 unspecified atom stereocenters. The summed E-state index contributed by atoms with van der Waals surface area (Å²) in [5.41, 5.74) is 1.74. The molecule has 30 heavy (non-hydrogen) atoms. The van der Waals surface area contributed by atoms with Crippen molar-refractivity contribution in [2.24, 2.45) is 0 Å². The molecule has 1 saturated heterocycles. The Kier molecular flexibility index (Phi) is 6.35. The molecule has 0 bridgehead atoms. The van der Waals surface area contributed by atoms with E-state index in [0.717, 1.165) is 37.1 Å². The molecule has 1 N–H and O–H groups in total. The number of aromatic nitrogens is 1. The fourth-order valence-corrected chi connectivity index (χ4v) is 3.68. The lowest BCUT2D eigenvalue weighted by molar-refractivity contribution is -0.122. The van der Waals surface area contributed by atoms with Crippen LogP contribution in [0, 0.1) is 5.82 Å². The van der Waals surface area contributed by atoms with Crippen LogP contribution in [0.3, 0.4) is 0 Å². The molecular weight excluding hydrogens is 381 g/mol. The number of ether oxygens (including phenoxy) is 1. The quantitative estimate of drug-likeness (QED) is 0.627. The van der Waals surface area contributed by atoms with Crippen LogP contribution in [0.25, 0.3) is 0 Å². The number of amides is 1. The first-order valence-electron chi connectivity index (χ1n) is 10.1. The lowest BCUT2D eigenvalue weighted by atomic mass is 10.00. The number of pyridine rings is 1. The van der Waals surface area contributed by atoms with Gasteiger partial charge in [0.2, 0.25) is 5.91 Å². The summed E-state index contributed by atoms with van der Waals surface area (Å²) in [5, 5.41) is 3.02. The van der Waals surface area contributed by atoms with E-state index in [2.05, 4.69) is 15.2 Å². The minimum Gasteiger partial charge on any atom is -0.456 e. The number of nitrogens with zero attached hydrogens (tertiary/aromatic N) is 2. The predicted octanol–water partition coefficient (Wildman–Crippen LogP) is 5.01. The van der Waals surface area contributed by atoms with Crippen molar-refractivity contribution in [2.75, 3.05) is 11.9 Å². The average molecular weight is 405 g/mol. The summed E-state index contributed by atoms with van der Waals surface area (Å²) in [4.78, 5) is 19.1. The zero-order chi connectivity index (χ0) is 20.8. The number of anilines is 1. The molecule has 154 valence electrons. The average Bonchev–Trinajstić information content (AvgIpc) is 2.78. The normalized spacial score (nSPS) is 16.8. The van der Waals surface area contributed by atoms with Crippen LogP contribution in [0.1, 0.15) is 24.8 Å². The summed E-state index contributed by atoms with van der Waals surface area (Å²) in [6.45, 7) is 1.49. The van der Waals surface area contributed by atoms with Crippen LogP contribution < -0.4 is 10.1 Å². The van der Waals surface area contributed by atoms with Crippen molar-refractivity contribution in [1.82, 2.24) is 9.88 Å². The van der Waals surface area contributed by atoms with Crippen LogP contribution in [0.5, 0.6) is 11.5 Å². The molecule has 3 aromatic rings. The van der Waals surface area contributed by atoms with E-state index in [0.29, 0.717) is 18.0 Å². The summed E-state index contributed by atoms with van der Waals surface area (Å²) < 4.78 is 18.9. The largest absolute Gasteiger partial charge is 0.456 e. The van der Waals surface area contributed by atoms with Crippen LogP contribution in [-0.2, 0) is 11.3 Å². The maximum Gasteiger partial charge on any atom is 0.241 e. The molecule has 1 amide bonds. The molecule has 0 radical (unpaired) electrons. The molecule has 1 aromatic heterocycles. The summed E-state index contributed by atoms with van der Waals surface area (Å²) in [5.74, 6) is 1.07. The Morgan fingerprint density at radius 1 is 1.07 bits per heavy atom. The molecule has 1 atom stereocenters. The first-order valence-corrected chi connectivity index (χ1v) is 10.1. The minimum atomic E-state index is -0.248. The van der Waals surface area contributed by atoms with Gasteiger partial charge in [0.1, 0.15) is 17.3 Å². The number of halogens is 1. The monoisotopic (exact) mass is 405 g/mol. The van der Waals surface area contributed by atoms with Crippen LogP contribution in [-0.4, -0.2) is 28.4 Å². The van der Waals surface area contributed by atoms with Crippen LogP contribution in [0.2, 0.25) is 0 Å². The molecule has 1 aliphatic rings. The number of hydrogen-bond acceptors (Lipinski definition) is 4. The van der Waals surface area contributed by atoms with E-state index in [9.17, 15) is 9.18 Å². The second kappa shape index (κ2) is 9.50. The molecule has 0 saturated carbocycles. The molecule has 5 nitrogen and oxygen atoms in total. The van der Waals surface area contributed by atoms with Crippen molar-refractivity contribution < 1.29 is 13.9 Å². The van der Waals surface area contributed by atoms with Crippen molar-refractivity contribution >= 4 is 11.6 Å². The van der Waals surface area contributed by atoms with Gasteiger partial charge in [-0.2, -0.15) is 0 Å². The number of hydrogen-bond donors (Lipinski definition) is 1. The molecule has 1 fully saturated rings. The van der Waals surface area contributed by atoms with Gasteiger partial charge in [0.05, 0.1) is 12.2 Å². The number of carbonyl (C=O) groups excluding carboxylic acids is 1. The smallest absolute Gasteiger partial charge is 0.241 e. The lowest BCUT2D eigenvalue weighted by Crippen LogP contribution is -2.46. The third-order valence-corrected chi connectivity index (χ3v) is 5.21. The van der Waals surface area contributed by atoms with Gasteiger partial charge in [0.15, 0.2) is 0 Å². The maximum absolute atomic E-state index is 13.2. The molecular formula is C24H24FN3O2. The second-order valence-corrected chi connectivity index (χ2v) is 7.41. The van der Waals surface area contributed by atoms with E-state index in [1.54, 1.807) is 24.5 Å². The van der Waals surface area contributed by atoms with Gasteiger partial charge in [-0.15, -0.1) is 0 Å². The molecule has 0 spiro atoms. The summed E-state index contributed by atoms with van der Waals surface area (Å²) in [6, 6.07) is 17.2. The number of carbonyl (C=O) groups is 1. The van der Waals surface area contributed by atoms with Crippen molar-refractivity contribution in [2.45, 2.75) is 31.8 Å². The van der Waals surface area contributed by atoms with Crippen LogP contribution in [0.15, 0.2) is 73.1 Å². The van der Waals surface area contributed by atoms with E-state index in [1.807, 2.05) is 36.4 Å². The van der Waals surface area contributed by atoms with Gasteiger partial charge in [0, 0.05) is 18.4 Å². The van der Waals surface area contributed by atoms with Crippen molar-refractivity contribution in [1.29, 1.82) is 0 Å². The van der Waals surface area contributed by atoms with Gasteiger partial charge in [-0.3, -0.25) is 14.7 Å². The highest BCUT2D eigenvalue weighted by Gasteiger charge is 2.28. The van der Waals surface area contributed by atoms with Crippen molar-refractivity contribution in [3.8, 4) is 11.5 Å². The fourth-order valence-electron chi connectivity index (χ4n) is 3.68. The van der Waals surface area contributed by atoms with Crippen molar-refractivity contribution in [3.05, 3.63) is 84.4 Å². The van der Waals surface area contributed by atoms with Gasteiger partial charge in [0.25, 0.3) is 0 Å². The Hall–Kier alpha value is -3.25. The number of nitrogens with one attached hydrogen (secondary N) is 1. The number of likely N-dealkylation sites (tertiary alicyclic amines) is 1. The Bertz CT molecular complexity index is 962. The van der Waals surface area contributed by atoms with Gasteiger partial charge in [-0.25, -0.2) is 4.39 Å². The highest BCUT2D eigenvalue weighted by molar-refractivity contribution is 5.94. The zero-order valence-electron chi connectivity index (χ0n) is 16.6. The lowest BCUT2D eigenvalue weighted by Gasteiger charge is -2.34. The Morgan fingerprint density at radius 2 is 1.87 bits per heavy atom. The summed E-state index contributed by atoms with van der Waals surface area (Å²) in [6.07, 6.45) is 6.24. The third kappa shape index (κ3) is 5.21. The van der Waals surface area contributed by atoms with Gasteiger partial charge in [-0.1, -0.05) is 18.6 Å². The molecule has 4 rings (SSSR count). The SMILES string of the molecule is O=C(Nc1ccc(Oc2cccnc2)cc1)[C@@H]1CCCCN1Cc1ccc(F)cc1. The van der Waals surface area contributed by atoms with E-state index < -0.39 is 0 Å². The Labute approximate surface area is 175 Å². The molecule has 0 aliphatic carbocycles. The molecule has 2 heterocycles. The Balaban J connectivity index is 1.38. The fraction of sp³-hybridized carbons (Fsp3) is 0.250. The van der Waals surface area contributed by atoms with Crippen molar-refractivity contribution in [3.63, 3.8) is 0 Å². The van der Waals surface area contributed by atoms with Gasteiger partial charge in [-0.05, 0) is 73.5 Å². The zero-order valence-corrected chi connectivity index (χ0v) is 16.6. The highest BCUT2D eigenvalue weighted by atomic mass is 19.1. The second-order valence-electron chi connectivity index (χ2n) is 7.41. The minimum absolute atomic E-state index is 0.0160. The Morgan fingerprint density at radius 3 is 2.60 bits per heavy atom. The topological polar surface area (TPSA) is 54.5 Å². The first-order chi connectivity index (χ1) is 14.7.